The molecule has 0 aliphatic carbocycles. The Morgan fingerprint density at radius 3 is 2.55 bits per heavy atom. The second-order valence-corrected chi connectivity index (χ2v) is 2.40. The maximum atomic E-state index is 11.9. The Labute approximate surface area is 85.1 Å². The van der Waals surface area contributed by atoms with E-state index in [9.17, 15) is 9.18 Å². The van der Waals surface area contributed by atoms with Gasteiger partial charge in [0.25, 0.3) is 5.97 Å². The van der Waals surface area contributed by atoms with Crippen LogP contribution in [0.4, 0.5) is 4.39 Å². The van der Waals surface area contributed by atoms with Crippen LogP contribution in [0.3, 0.4) is 0 Å². The maximum absolute atomic E-state index is 11.9. The van der Waals surface area contributed by atoms with Crippen molar-refractivity contribution in [1.29, 1.82) is 0 Å². The Morgan fingerprint density at radius 2 is 2.27 bits per heavy atom. The van der Waals surface area contributed by atoms with Gasteiger partial charge in [0.1, 0.15) is 0 Å². The van der Waals surface area contributed by atoms with E-state index in [1.807, 2.05) is 0 Å². The van der Waals surface area contributed by atoms with Gasteiger partial charge in [-0.25, -0.2) is 4.39 Å². The van der Waals surface area contributed by atoms with Crippen molar-refractivity contribution in [2.45, 2.75) is 11.5 Å². The smallest absolute Gasteiger partial charge is 1.00 e. The van der Waals surface area contributed by atoms with Crippen molar-refractivity contribution in [3.05, 3.63) is 0 Å². The third-order valence-corrected chi connectivity index (χ3v) is 0.882. The summed E-state index contributed by atoms with van der Waals surface area (Å²) in [6.45, 7) is 0. The topological polar surface area (TPSA) is 66.8 Å². The molecule has 0 fully saturated rings. The molecule has 0 radical (unpaired) electrons. The minimum atomic E-state index is -2.17. The summed E-state index contributed by atoms with van der Waals surface area (Å²) in [5.74, 6) is -1.01. The molecule has 11 heavy (non-hydrogen) atoms. The molecule has 0 aliphatic rings. The molecular formula is C3H6BBrFLiO4. The molecule has 1 unspecified atom stereocenters. The molecule has 0 spiro atoms. The fraction of sp³-hybridized carbons (Fsp3) is 0.667. The summed E-state index contributed by atoms with van der Waals surface area (Å²) >= 11 is 2.43. The summed E-state index contributed by atoms with van der Waals surface area (Å²) in [6.07, 6.45) is -0.544. The van der Waals surface area contributed by atoms with Crippen LogP contribution in [0.2, 0.25) is 0 Å². The summed E-state index contributed by atoms with van der Waals surface area (Å²) in [5.41, 5.74) is 0. The van der Waals surface area contributed by atoms with Gasteiger partial charge in [0.05, 0.1) is 6.42 Å². The normalized spacial score (nSPS) is 11.3. The zero-order valence-corrected chi connectivity index (χ0v) is 7.41. The summed E-state index contributed by atoms with van der Waals surface area (Å²) in [7, 11) is -2.17. The quantitative estimate of drug-likeness (QED) is 0.388. The van der Waals surface area contributed by atoms with Crippen LogP contribution in [0.25, 0.3) is 0 Å². The van der Waals surface area contributed by atoms with Crippen LogP contribution >= 0.6 is 15.9 Å². The van der Waals surface area contributed by atoms with Crippen LogP contribution in [0.15, 0.2) is 0 Å². The number of hydrogen-bond donors (Lipinski definition) is 2. The molecule has 0 rings (SSSR count). The Morgan fingerprint density at radius 1 is 1.82 bits per heavy atom. The first-order valence-electron chi connectivity index (χ1n) is 2.36. The van der Waals surface area contributed by atoms with E-state index in [1.54, 1.807) is 0 Å². The molecule has 1 atom stereocenters. The van der Waals surface area contributed by atoms with Gasteiger partial charge in [-0.1, -0.05) is 15.9 Å². The Balaban J connectivity index is -0.000000405. The minimum absolute atomic E-state index is 0. The van der Waals surface area contributed by atoms with E-state index in [2.05, 4.69) is 20.6 Å². The van der Waals surface area contributed by atoms with Crippen LogP contribution in [-0.2, 0) is 9.45 Å². The third kappa shape index (κ3) is 10.5. The van der Waals surface area contributed by atoms with Gasteiger partial charge < -0.3 is 16.1 Å². The second-order valence-electron chi connectivity index (χ2n) is 1.41. The van der Waals surface area contributed by atoms with Crippen molar-refractivity contribution in [1.82, 2.24) is 0 Å². The van der Waals surface area contributed by atoms with Gasteiger partial charge >= 0.3 is 26.2 Å². The Hall–Kier alpha value is 0.462. The van der Waals surface area contributed by atoms with E-state index < -0.39 is 24.8 Å². The molecule has 0 amide bonds. The van der Waals surface area contributed by atoms with Crippen LogP contribution in [0.1, 0.15) is 7.85 Å². The predicted octanol–water partition coefficient (Wildman–Crippen LogP) is -3.30. The van der Waals surface area contributed by atoms with Crippen molar-refractivity contribution in [2.24, 2.45) is 0 Å². The van der Waals surface area contributed by atoms with Gasteiger partial charge in [0.2, 0.25) is 0 Å². The van der Waals surface area contributed by atoms with Gasteiger partial charge in [-0.2, -0.15) is 0 Å². The van der Waals surface area contributed by atoms with Gasteiger partial charge in [0.15, 0.2) is 5.08 Å². The van der Waals surface area contributed by atoms with Crippen LogP contribution < -0.4 is 18.9 Å². The number of rotatable bonds is 3. The monoisotopic (exact) mass is 222 g/mol. The second kappa shape index (κ2) is 7.13. The molecule has 0 aromatic carbocycles. The molecule has 0 aliphatic heterocycles. The average molecular weight is 223 g/mol. The van der Waals surface area contributed by atoms with Crippen LogP contribution in [0.5, 0.6) is 0 Å². The van der Waals surface area contributed by atoms with Gasteiger partial charge in [-0.15, -0.1) is 0 Å². The van der Waals surface area contributed by atoms with Crippen LogP contribution in [0, 0.1) is 0 Å². The fourth-order valence-electron chi connectivity index (χ4n) is 0.292. The number of alkyl halides is 2. The van der Waals surface area contributed by atoms with E-state index in [0.717, 1.165) is 0 Å². The van der Waals surface area contributed by atoms with Crippen molar-refractivity contribution < 1.29 is 44.2 Å². The molecule has 4 nitrogen and oxygen atoms in total. The number of carbonyl (C=O) groups excluding carboxylic acids is 1. The van der Waals surface area contributed by atoms with E-state index in [-0.39, 0.29) is 20.3 Å². The van der Waals surface area contributed by atoms with Gasteiger partial charge in [0, 0.05) is 0 Å². The predicted molar refractivity (Wildman–Crippen MR) is 35.8 cm³/mol. The van der Waals surface area contributed by atoms with E-state index in [0.29, 0.717) is 0 Å². The van der Waals surface area contributed by atoms with Crippen molar-refractivity contribution >= 4 is 29.2 Å². The van der Waals surface area contributed by atoms with E-state index >= 15 is 0 Å². The third-order valence-electron chi connectivity index (χ3n) is 0.558. The van der Waals surface area contributed by atoms with Gasteiger partial charge in [-0.3, -0.25) is 4.79 Å². The SMILES string of the molecule is O=C(CC(F)Br)OB(O)O.[H-].[Li+]. The summed E-state index contributed by atoms with van der Waals surface area (Å²) < 4.78 is 15.6. The summed E-state index contributed by atoms with van der Waals surface area (Å²) in [6, 6.07) is 0. The average Bonchev–Trinajstić information content (AvgIpc) is 1.58. The number of halogens is 2. The van der Waals surface area contributed by atoms with Crippen molar-refractivity contribution in [3.8, 4) is 0 Å². The number of hydrogen-bond acceptors (Lipinski definition) is 4. The van der Waals surface area contributed by atoms with E-state index in [1.165, 1.54) is 0 Å². The summed E-state index contributed by atoms with van der Waals surface area (Å²) in [5, 5.41) is 14.5. The summed E-state index contributed by atoms with van der Waals surface area (Å²) in [4.78, 5) is 10.3. The Kier molecular flexibility index (Phi) is 9.08. The Bertz CT molecular complexity index is 117. The number of carbonyl (C=O) groups is 1. The molecule has 0 saturated carbocycles. The molecule has 2 N–H and O–H groups in total. The zero-order valence-electron chi connectivity index (χ0n) is 6.83. The molecular weight excluding hydrogens is 217 g/mol. The first-order valence-corrected chi connectivity index (χ1v) is 3.27. The fourth-order valence-corrected chi connectivity index (χ4v) is 0.556. The van der Waals surface area contributed by atoms with Crippen molar-refractivity contribution in [2.75, 3.05) is 0 Å². The van der Waals surface area contributed by atoms with Gasteiger partial charge in [-0.05, 0) is 0 Å². The first-order chi connectivity index (χ1) is 4.52. The van der Waals surface area contributed by atoms with E-state index in [4.69, 9.17) is 10.0 Å². The first kappa shape index (κ1) is 14.0. The minimum Gasteiger partial charge on any atom is -1.00 e. The molecule has 8 heteroatoms. The molecule has 60 valence electrons. The van der Waals surface area contributed by atoms with Crippen LogP contribution in [-0.4, -0.2) is 28.4 Å². The van der Waals surface area contributed by atoms with Crippen molar-refractivity contribution in [3.63, 3.8) is 0 Å². The molecule has 0 bridgehead atoms. The molecule has 0 aromatic rings. The standard InChI is InChI=1S/C3H5BBrFO4.Li.H/c5-2(6)1-3(7)10-4(8)9;;/h2,8-9H,1H2;;/q;+1;-1. The zero-order chi connectivity index (χ0) is 8.15. The largest absolute Gasteiger partial charge is 1.00 e. The maximum Gasteiger partial charge on any atom is 1.00 e. The molecule has 0 saturated heterocycles. The molecule has 0 aromatic heterocycles. The molecule has 0 heterocycles.